The molecule has 0 spiro atoms. The zero-order valence-electron chi connectivity index (χ0n) is 10.4. The van der Waals surface area contributed by atoms with Crippen LogP contribution in [0.5, 0.6) is 0 Å². The molecular formula is C15H16FNO. The summed E-state index contributed by atoms with van der Waals surface area (Å²) in [5.74, 6) is 0.00935. The van der Waals surface area contributed by atoms with Crippen molar-refractivity contribution in [1.82, 2.24) is 4.90 Å². The van der Waals surface area contributed by atoms with Gasteiger partial charge in [-0.25, -0.2) is 4.39 Å². The number of ketones is 1. The molecule has 0 N–H and O–H groups in total. The number of carbonyl (C=O) groups excluding carboxylic acids is 1. The topological polar surface area (TPSA) is 20.3 Å². The summed E-state index contributed by atoms with van der Waals surface area (Å²) in [5.41, 5.74) is 1.79. The molecule has 2 atom stereocenters. The van der Waals surface area contributed by atoms with E-state index in [4.69, 9.17) is 0 Å². The second-order valence-electron chi connectivity index (χ2n) is 5.19. The summed E-state index contributed by atoms with van der Waals surface area (Å²) in [6, 6.07) is 6.98. The molecule has 3 rings (SSSR count). The molecule has 2 saturated heterocycles. The number of carbonyl (C=O) groups is 1. The van der Waals surface area contributed by atoms with Crippen molar-refractivity contribution in [1.29, 1.82) is 0 Å². The third-order valence-electron chi connectivity index (χ3n) is 4.14. The molecule has 18 heavy (non-hydrogen) atoms. The van der Waals surface area contributed by atoms with Crippen molar-refractivity contribution in [2.45, 2.75) is 31.3 Å². The van der Waals surface area contributed by atoms with E-state index in [1.807, 2.05) is 6.08 Å². The van der Waals surface area contributed by atoms with Gasteiger partial charge < -0.3 is 0 Å². The average Bonchev–Trinajstić information content (AvgIpc) is 2.61. The van der Waals surface area contributed by atoms with E-state index in [9.17, 15) is 9.18 Å². The monoisotopic (exact) mass is 245 g/mol. The molecule has 0 aromatic heterocycles. The van der Waals surface area contributed by atoms with Gasteiger partial charge in [0.25, 0.3) is 0 Å². The van der Waals surface area contributed by atoms with Gasteiger partial charge in [-0.2, -0.15) is 0 Å². The van der Waals surface area contributed by atoms with E-state index in [0.717, 1.165) is 24.0 Å². The maximum Gasteiger partial charge on any atom is 0.162 e. The summed E-state index contributed by atoms with van der Waals surface area (Å²) in [6.07, 6.45) is 4.71. The number of nitrogens with zero attached hydrogens (tertiary/aromatic N) is 1. The molecule has 0 saturated carbocycles. The molecule has 1 aromatic carbocycles. The number of likely N-dealkylation sites (N-methyl/N-ethyl adjacent to an activating group) is 1. The van der Waals surface area contributed by atoms with Gasteiger partial charge in [0.05, 0.1) is 0 Å². The minimum absolute atomic E-state index is 0.245. The Kier molecular flexibility index (Phi) is 2.78. The van der Waals surface area contributed by atoms with E-state index in [2.05, 4.69) is 11.9 Å². The van der Waals surface area contributed by atoms with Crippen molar-refractivity contribution >= 4 is 11.9 Å². The molecule has 2 aliphatic rings. The second kappa shape index (κ2) is 4.32. The number of rotatable bonds is 1. The first-order valence-corrected chi connectivity index (χ1v) is 6.37. The van der Waals surface area contributed by atoms with Crippen LogP contribution in [0, 0.1) is 5.82 Å². The number of fused-ring (bicyclic) bond motifs is 2. The predicted molar refractivity (Wildman–Crippen MR) is 68.6 cm³/mol. The fraction of sp³-hybridized carbons (Fsp3) is 0.400. The average molecular weight is 245 g/mol. The molecule has 0 radical (unpaired) electrons. The summed E-state index contributed by atoms with van der Waals surface area (Å²) >= 11 is 0. The van der Waals surface area contributed by atoms with E-state index >= 15 is 0 Å². The predicted octanol–water partition coefficient (Wildman–Crippen LogP) is 2.64. The molecule has 2 heterocycles. The van der Waals surface area contributed by atoms with Crippen LogP contribution >= 0.6 is 0 Å². The van der Waals surface area contributed by atoms with Gasteiger partial charge in [0, 0.05) is 24.1 Å². The summed E-state index contributed by atoms with van der Waals surface area (Å²) < 4.78 is 12.9. The standard InChI is InChI=1S/C15H16FNO/c1-17-12-6-7-14(17)13(15(18)9-12)8-10-2-4-11(16)5-3-10/h2-5,8,12,14H,6-7,9H2,1H3/b13-8+/t12-,14+/m0/s1. The first-order chi connectivity index (χ1) is 8.65. The molecule has 2 bridgehead atoms. The second-order valence-corrected chi connectivity index (χ2v) is 5.19. The summed E-state index contributed by atoms with van der Waals surface area (Å²) in [5, 5.41) is 0. The fourth-order valence-corrected chi connectivity index (χ4v) is 3.07. The highest BCUT2D eigenvalue weighted by atomic mass is 19.1. The highest BCUT2D eigenvalue weighted by Gasteiger charge is 2.41. The Bertz CT molecular complexity index is 506. The van der Waals surface area contributed by atoms with E-state index in [0.29, 0.717) is 12.5 Å². The lowest BCUT2D eigenvalue weighted by molar-refractivity contribution is -0.118. The van der Waals surface area contributed by atoms with Crippen LogP contribution in [0.2, 0.25) is 0 Å². The lowest BCUT2D eigenvalue weighted by atomic mass is 9.94. The maximum atomic E-state index is 12.9. The number of hydrogen-bond acceptors (Lipinski definition) is 2. The summed E-state index contributed by atoms with van der Waals surface area (Å²) in [7, 11) is 2.09. The van der Waals surface area contributed by atoms with Gasteiger partial charge in [0.2, 0.25) is 0 Å². The van der Waals surface area contributed by atoms with Gasteiger partial charge in [0.15, 0.2) is 5.78 Å². The number of hydrogen-bond donors (Lipinski definition) is 0. The van der Waals surface area contributed by atoms with E-state index in [1.165, 1.54) is 12.1 Å². The Balaban J connectivity index is 1.94. The number of Topliss-reactive ketones (excluding diaryl/α,β-unsaturated/α-hetero) is 1. The largest absolute Gasteiger partial charge is 0.296 e. The van der Waals surface area contributed by atoms with Gasteiger partial charge in [-0.15, -0.1) is 0 Å². The van der Waals surface area contributed by atoms with Gasteiger partial charge in [-0.05, 0) is 43.7 Å². The zero-order chi connectivity index (χ0) is 12.7. The van der Waals surface area contributed by atoms with Crippen LogP contribution in [0.4, 0.5) is 4.39 Å². The third-order valence-corrected chi connectivity index (χ3v) is 4.14. The van der Waals surface area contributed by atoms with Crippen LogP contribution in [0.15, 0.2) is 29.8 Å². The zero-order valence-corrected chi connectivity index (χ0v) is 10.4. The number of piperidine rings is 1. The van der Waals surface area contributed by atoms with E-state index < -0.39 is 0 Å². The van der Waals surface area contributed by atoms with E-state index in [-0.39, 0.29) is 17.6 Å². The molecule has 2 aliphatic heterocycles. The lowest BCUT2D eigenvalue weighted by Crippen LogP contribution is -2.41. The first kappa shape index (κ1) is 11.6. The van der Waals surface area contributed by atoms with Crippen molar-refractivity contribution in [3.63, 3.8) is 0 Å². The van der Waals surface area contributed by atoms with Crippen molar-refractivity contribution in [2.24, 2.45) is 0 Å². The van der Waals surface area contributed by atoms with Crippen molar-refractivity contribution in [2.75, 3.05) is 7.05 Å². The normalized spacial score (nSPS) is 30.1. The van der Waals surface area contributed by atoms with Gasteiger partial charge in [0.1, 0.15) is 5.82 Å². The Morgan fingerprint density at radius 1 is 1.28 bits per heavy atom. The lowest BCUT2D eigenvalue weighted by Gasteiger charge is -2.32. The molecule has 0 unspecified atom stereocenters. The maximum absolute atomic E-state index is 12.9. The minimum Gasteiger partial charge on any atom is -0.296 e. The molecule has 0 aliphatic carbocycles. The molecule has 94 valence electrons. The fourth-order valence-electron chi connectivity index (χ4n) is 3.07. The minimum atomic E-state index is -0.245. The van der Waals surface area contributed by atoms with Crippen molar-refractivity contribution in [3.8, 4) is 0 Å². The number of benzene rings is 1. The first-order valence-electron chi connectivity index (χ1n) is 6.37. The highest BCUT2D eigenvalue weighted by Crippen LogP contribution is 2.36. The quantitative estimate of drug-likeness (QED) is 0.709. The SMILES string of the molecule is CN1[C@H]2CC[C@@H]1/C(=C\c1ccc(F)cc1)C(=O)C2. The van der Waals surface area contributed by atoms with Crippen LogP contribution in [0.25, 0.3) is 6.08 Å². The van der Waals surface area contributed by atoms with Crippen LogP contribution in [-0.2, 0) is 4.79 Å². The highest BCUT2D eigenvalue weighted by molar-refractivity contribution is 6.02. The number of halogens is 1. The molecule has 3 heteroatoms. The Hall–Kier alpha value is -1.48. The Morgan fingerprint density at radius 2 is 2.00 bits per heavy atom. The summed E-state index contributed by atoms with van der Waals surface area (Å²) in [6.45, 7) is 0. The molecule has 2 fully saturated rings. The van der Waals surface area contributed by atoms with Crippen molar-refractivity contribution in [3.05, 3.63) is 41.2 Å². The smallest absolute Gasteiger partial charge is 0.162 e. The van der Waals surface area contributed by atoms with Gasteiger partial charge >= 0.3 is 0 Å². The van der Waals surface area contributed by atoms with Crippen molar-refractivity contribution < 1.29 is 9.18 Å². The van der Waals surface area contributed by atoms with Crippen LogP contribution < -0.4 is 0 Å². The molecule has 2 nitrogen and oxygen atoms in total. The van der Waals surface area contributed by atoms with E-state index in [1.54, 1.807) is 12.1 Å². The summed E-state index contributed by atoms with van der Waals surface area (Å²) in [4.78, 5) is 14.4. The Morgan fingerprint density at radius 3 is 2.72 bits per heavy atom. The van der Waals surface area contributed by atoms with Gasteiger partial charge in [-0.1, -0.05) is 12.1 Å². The third kappa shape index (κ3) is 1.89. The van der Waals surface area contributed by atoms with Gasteiger partial charge in [-0.3, -0.25) is 9.69 Å². The Labute approximate surface area is 106 Å². The van der Waals surface area contributed by atoms with Crippen LogP contribution in [0.3, 0.4) is 0 Å². The molecule has 1 aromatic rings. The van der Waals surface area contributed by atoms with Crippen LogP contribution in [-0.4, -0.2) is 29.8 Å². The molecule has 0 amide bonds. The van der Waals surface area contributed by atoms with Crippen LogP contribution in [0.1, 0.15) is 24.8 Å². The molecular weight excluding hydrogens is 229 g/mol.